The van der Waals surface area contributed by atoms with E-state index in [2.05, 4.69) is 26.1 Å². The molecule has 0 radical (unpaired) electrons. The second-order valence-electron chi connectivity index (χ2n) is 9.15. The number of carbonyl (C=O) groups excluding carboxylic acids is 1. The highest BCUT2D eigenvalue weighted by Gasteiger charge is 2.47. The lowest BCUT2D eigenvalue weighted by Crippen LogP contribution is -2.37. The molecular weight excluding hydrogens is 459 g/mol. The van der Waals surface area contributed by atoms with E-state index in [0.717, 1.165) is 25.0 Å². The largest absolute Gasteiger partial charge is 0.416 e. The summed E-state index contributed by atoms with van der Waals surface area (Å²) in [7, 11) is 0. The van der Waals surface area contributed by atoms with Gasteiger partial charge in [-0.15, -0.1) is 0 Å². The van der Waals surface area contributed by atoms with Gasteiger partial charge in [0.15, 0.2) is 5.82 Å². The van der Waals surface area contributed by atoms with Gasteiger partial charge in [-0.1, -0.05) is 0 Å². The zero-order valence-corrected chi connectivity index (χ0v) is 18.9. The van der Waals surface area contributed by atoms with E-state index in [4.69, 9.17) is 0 Å². The van der Waals surface area contributed by atoms with E-state index in [1.807, 2.05) is 0 Å². The molecular formula is C24H22F3N7O. The highest BCUT2D eigenvalue weighted by Crippen LogP contribution is 2.49. The molecule has 5 rings (SSSR count). The Kier molecular flexibility index (Phi) is 5.54. The second-order valence-corrected chi connectivity index (χ2v) is 9.15. The Balaban J connectivity index is 1.54. The molecule has 35 heavy (non-hydrogen) atoms. The zero-order chi connectivity index (χ0) is 24.8. The molecule has 0 saturated heterocycles. The maximum atomic E-state index is 13.7. The van der Waals surface area contributed by atoms with Crippen molar-refractivity contribution in [2.24, 2.45) is 5.92 Å². The summed E-state index contributed by atoms with van der Waals surface area (Å²) in [5, 5.41) is 13.8. The molecule has 8 nitrogen and oxygen atoms in total. The van der Waals surface area contributed by atoms with Crippen LogP contribution in [0.3, 0.4) is 0 Å². The number of rotatable bonds is 7. The molecule has 2 aliphatic carbocycles. The van der Waals surface area contributed by atoms with Crippen molar-refractivity contribution in [2.75, 3.05) is 6.54 Å². The Morgan fingerprint density at radius 1 is 1.23 bits per heavy atom. The number of alkyl halides is 3. The van der Waals surface area contributed by atoms with Crippen LogP contribution in [0.15, 0.2) is 43.0 Å². The third kappa shape index (κ3) is 4.48. The minimum absolute atomic E-state index is 0.0918. The van der Waals surface area contributed by atoms with Crippen molar-refractivity contribution < 1.29 is 18.0 Å². The SMILES string of the molecule is CC(c1ncnn1-c1ncccn1)N(CC1CC1)C(=O)c1cc(C(F)(F)F)cc(C2(C#N)CC2)c1. The lowest BCUT2D eigenvalue weighted by atomic mass is 9.92. The van der Waals surface area contributed by atoms with E-state index in [1.54, 1.807) is 25.4 Å². The van der Waals surface area contributed by atoms with Gasteiger partial charge in [-0.25, -0.2) is 15.0 Å². The van der Waals surface area contributed by atoms with Gasteiger partial charge in [0, 0.05) is 24.5 Å². The fraction of sp³-hybridized carbons (Fsp3) is 0.417. The van der Waals surface area contributed by atoms with Crippen molar-refractivity contribution in [1.29, 1.82) is 5.26 Å². The van der Waals surface area contributed by atoms with E-state index in [1.165, 1.54) is 22.0 Å². The van der Waals surface area contributed by atoms with Gasteiger partial charge in [0.2, 0.25) is 0 Å². The molecule has 3 aromatic rings. The Morgan fingerprint density at radius 3 is 2.54 bits per heavy atom. The minimum atomic E-state index is -4.64. The molecule has 11 heteroatoms. The highest BCUT2D eigenvalue weighted by atomic mass is 19.4. The molecule has 180 valence electrons. The number of nitrogens with zero attached hydrogens (tertiary/aromatic N) is 7. The molecule has 0 aliphatic heterocycles. The van der Waals surface area contributed by atoms with Crippen molar-refractivity contribution in [3.63, 3.8) is 0 Å². The van der Waals surface area contributed by atoms with E-state index in [9.17, 15) is 23.2 Å². The van der Waals surface area contributed by atoms with Crippen molar-refractivity contribution in [3.8, 4) is 12.0 Å². The molecule has 0 bridgehead atoms. The predicted molar refractivity (Wildman–Crippen MR) is 117 cm³/mol. The summed E-state index contributed by atoms with van der Waals surface area (Å²) < 4.78 is 42.6. The molecule has 0 N–H and O–H groups in total. The Labute approximate surface area is 199 Å². The lowest BCUT2D eigenvalue weighted by molar-refractivity contribution is -0.137. The lowest BCUT2D eigenvalue weighted by Gasteiger charge is -2.29. The summed E-state index contributed by atoms with van der Waals surface area (Å²) in [4.78, 5) is 28.0. The van der Waals surface area contributed by atoms with Crippen molar-refractivity contribution in [1.82, 2.24) is 29.6 Å². The van der Waals surface area contributed by atoms with E-state index >= 15 is 0 Å². The summed E-state index contributed by atoms with van der Waals surface area (Å²) in [6, 6.07) is 6.47. The Morgan fingerprint density at radius 2 is 1.94 bits per heavy atom. The fourth-order valence-corrected chi connectivity index (χ4v) is 4.17. The summed E-state index contributed by atoms with van der Waals surface area (Å²) in [6.45, 7) is 2.13. The topological polar surface area (TPSA) is 101 Å². The number of carbonyl (C=O) groups is 1. The van der Waals surface area contributed by atoms with Gasteiger partial charge in [-0.05, 0) is 68.4 Å². The van der Waals surface area contributed by atoms with E-state index < -0.39 is 29.1 Å². The minimum Gasteiger partial charge on any atom is -0.328 e. The van der Waals surface area contributed by atoms with Gasteiger partial charge in [0.05, 0.1) is 23.1 Å². The summed E-state index contributed by atoms with van der Waals surface area (Å²) in [6.07, 6.45) is 2.62. The predicted octanol–water partition coefficient (Wildman–Crippen LogP) is 4.24. The van der Waals surface area contributed by atoms with Crippen molar-refractivity contribution >= 4 is 5.91 Å². The molecule has 1 atom stereocenters. The third-order valence-corrected chi connectivity index (χ3v) is 6.59. The summed E-state index contributed by atoms with van der Waals surface area (Å²) in [5.41, 5.74) is -1.75. The first-order valence-electron chi connectivity index (χ1n) is 11.3. The van der Waals surface area contributed by atoms with Crippen LogP contribution in [0.2, 0.25) is 0 Å². The quantitative estimate of drug-likeness (QED) is 0.500. The standard InChI is InChI=1S/C24H22F3N7O/c1-15(20-31-14-32-34(20)22-29-7-2-8-30-22)33(12-16-3-4-16)21(35)17-9-18(23(13-28)5-6-23)11-19(10-17)24(25,26)27/h2,7-11,14-16H,3-6,12H2,1H3. The third-order valence-electron chi connectivity index (χ3n) is 6.59. The second kappa shape index (κ2) is 8.45. The van der Waals surface area contributed by atoms with Crippen molar-refractivity contribution in [3.05, 3.63) is 65.5 Å². The van der Waals surface area contributed by atoms with Gasteiger partial charge in [-0.3, -0.25) is 4.79 Å². The van der Waals surface area contributed by atoms with Crippen LogP contribution in [0, 0.1) is 17.2 Å². The molecule has 2 aromatic heterocycles. The molecule has 0 spiro atoms. The highest BCUT2D eigenvalue weighted by molar-refractivity contribution is 5.95. The number of benzene rings is 1. The van der Waals surface area contributed by atoms with Crippen LogP contribution in [0.5, 0.6) is 0 Å². The van der Waals surface area contributed by atoms with E-state index in [-0.39, 0.29) is 23.0 Å². The van der Waals surface area contributed by atoms with Gasteiger partial charge in [-0.2, -0.15) is 28.2 Å². The zero-order valence-electron chi connectivity index (χ0n) is 18.9. The number of hydrogen-bond donors (Lipinski definition) is 0. The molecule has 2 fully saturated rings. The molecule has 1 amide bonds. The van der Waals surface area contributed by atoms with E-state index in [0.29, 0.717) is 25.2 Å². The summed E-state index contributed by atoms with van der Waals surface area (Å²) >= 11 is 0. The maximum Gasteiger partial charge on any atom is 0.416 e. The van der Waals surface area contributed by atoms with Crippen molar-refractivity contribution in [2.45, 2.75) is 50.2 Å². The van der Waals surface area contributed by atoms with Gasteiger partial charge >= 0.3 is 6.18 Å². The van der Waals surface area contributed by atoms with Gasteiger partial charge in [0.1, 0.15) is 6.33 Å². The molecule has 1 aromatic carbocycles. The molecule has 2 saturated carbocycles. The molecule has 2 heterocycles. The smallest absolute Gasteiger partial charge is 0.328 e. The first kappa shape index (κ1) is 23.0. The van der Waals surface area contributed by atoms with Gasteiger partial charge in [0.25, 0.3) is 11.9 Å². The average molecular weight is 481 g/mol. The fourth-order valence-electron chi connectivity index (χ4n) is 4.17. The molecule has 1 unspecified atom stereocenters. The number of amides is 1. The maximum absolute atomic E-state index is 13.7. The summed E-state index contributed by atoms with van der Waals surface area (Å²) in [5.74, 6) is 0.392. The van der Waals surface area contributed by atoms with Crippen LogP contribution in [0.25, 0.3) is 5.95 Å². The average Bonchev–Trinajstić information content (AvgIpc) is 3.79. The first-order chi connectivity index (χ1) is 16.7. The number of halogens is 3. The normalized spacial score (nSPS) is 17.5. The molecule has 2 aliphatic rings. The van der Waals surface area contributed by atoms with Crippen LogP contribution in [0.1, 0.15) is 66.0 Å². The number of nitriles is 1. The Bertz CT molecular complexity index is 1290. The Hall–Kier alpha value is -3.81. The monoisotopic (exact) mass is 481 g/mol. The van der Waals surface area contributed by atoms with Gasteiger partial charge < -0.3 is 4.90 Å². The first-order valence-corrected chi connectivity index (χ1v) is 11.3. The number of aromatic nitrogens is 5. The van der Waals surface area contributed by atoms with Crippen LogP contribution in [0.4, 0.5) is 13.2 Å². The van der Waals surface area contributed by atoms with Crippen LogP contribution >= 0.6 is 0 Å². The van der Waals surface area contributed by atoms with Crippen LogP contribution in [-0.4, -0.2) is 42.1 Å². The van der Waals surface area contributed by atoms with Crippen LogP contribution < -0.4 is 0 Å². The number of hydrogen-bond acceptors (Lipinski definition) is 6. The van der Waals surface area contributed by atoms with Crippen LogP contribution in [-0.2, 0) is 11.6 Å².